The van der Waals surface area contributed by atoms with Crippen molar-refractivity contribution in [3.05, 3.63) is 35.6 Å². The number of carbonyl (C=O) groups excluding carboxylic acids is 1. The van der Waals surface area contributed by atoms with Crippen LogP contribution in [0.25, 0.3) is 0 Å². The van der Waals surface area contributed by atoms with E-state index < -0.39 is 0 Å². The number of amides is 1. The van der Waals surface area contributed by atoms with E-state index in [1.165, 1.54) is 12.1 Å². The van der Waals surface area contributed by atoms with Crippen LogP contribution in [0.5, 0.6) is 0 Å². The van der Waals surface area contributed by atoms with Crippen molar-refractivity contribution in [1.82, 2.24) is 5.32 Å². The third-order valence-electron chi connectivity index (χ3n) is 2.98. The second kappa shape index (κ2) is 4.61. The van der Waals surface area contributed by atoms with Crippen LogP contribution >= 0.6 is 0 Å². The molecule has 1 aliphatic heterocycles. The molecule has 86 valence electrons. The van der Waals surface area contributed by atoms with Crippen LogP contribution in [0.3, 0.4) is 0 Å². The van der Waals surface area contributed by atoms with Crippen LogP contribution in [0, 0.1) is 11.7 Å². The van der Waals surface area contributed by atoms with Gasteiger partial charge in [-0.2, -0.15) is 0 Å². The number of nitrogens with two attached hydrogens (primary N) is 1. The van der Waals surface area contributed by atoms with Crippen LogP contribution in [0.15, 0.2) is 24.3 Å². The zero-order valence-corrected chi connectivity index (χ0v) is 8.95. The Morgan fingerprint density at radius 2 is 2.06 bits per heavy atom. The van der Waals surface area contributed by atoms with Gasteiger partial charge in [-0.25, -0.2) is 4.39 Å². The minimum Gasteiger partial charge on any atom is -0.349 e. The average Bonchev–Trinajstić information content (AvgIpc) is 2.29. The summed E-state index contributed by atoms with van der Waals surface area (Å²) in [4.78, 5) is 11.4. The first kappa shape index (κ1) is 11.1. The highest BCUT2D eigenvalue weighted by atomic mass is 19.1. The summed E-state index contributed by atoms with van der Waals surface area (Å²) in [6.45, 7) is 0.519. The molecule has 16 heavy (non-hydrogen) atoms. The molecule has 1 aromatic rings. The van der Waals surface area contributed by atoms with Crippen LogP contribution < -0.4 is 11.1 Å². The summed E-state index contributed by atoms with van der Waals surface area (Å²) in [5.41, 5.74) is 6.53. The van der Waals surface area contributed by atoms with Gasteiger partial charge in [-0.15, -0.1) is 0 Å². The molecule has 2 unspecified atom stereocenters. The molecule has 1 amide bonds. The van der Waals surface area contributed by atoms with Gasteiger partial charge in [0.25, 0.3) is 0 Å². The lowest BCUT2D eigenvalue weighted by Gasteiger charge is -2.29. The van der Waals surface area contributed by atoms with E-state index in [2.05, 4.69) is 5.32 Å². The Bertz CT molecular complexity index is 377. The van der Waals surface area contributed by atoms with E-state index in [4.69, 9.17) is 5.73 Å². The van der Waals surface area contributed by atoms with Crippen molar-refractivity contribution < 1.29 is 9.18 Å². The number of benzene rings is 1. The third-order valence-corrected chi connectivity index (χ3v) is 2.98. The number of halogens is 1. The summed E-state index contributed by atoms with van der Waals surface area (Å²) in [6, 6.07) is 6.20. The second-order valence-corrected chi connectivity index (χ2v) is 4.21. The van der Waals surface area contributed by atoms with E-state index in [9.17, 15) is 9.18 Å². The van der Waals surface area contributed by atoms with Crippen molar-refractivity contribution in [3.63, 3.8) is 0 Å². The van der Waals surface area contributed by atoms with E-state index >= 15 is 0 Å². The van der Waals surface area contributed by atoms with E-state index in [0.717, 1.165) is 12.0 Å². The molecule has 3 nitrogen and oxygen atoms in total. The van der Waals surface area contributed by atoms with Crippen molar-refractivity contribution in [2.45, 2.75) is 18.9 Å². The van der Waals surface area contributed by atoms with Crippen molar-refractivity contribution in [3.8, 4) is 0 Å². The molecule has 1 saturated heterocycles. The molecule has 0 bridgehead atoms. The maximum Gasteiger partial charge on any atom is 0.220 e. The number of hydrogen-bond donors (Lipinski definition) is 2. The lowest BCUT2D eigenvalue weighted by molar-refractivity contribution is -0.124. The predicted octanol–water partition coefficient (Wildman–Crippen LogP) is 1.35. The van der Waals surface area contributed by atoms with Gasteiger partial charge in [0.2, 0.25) is 5.91 Å². The number of piperidine rings is 1. The summed E-state index contributed by atoms with van der Waals surface area (Å²) in [7, 11) is 0. The predicted molar refractivity (Wildman–Crippen MR) is 59.1 cm³/mol. The van der Waals surface area contributed by atoms with Crippen molar-refractivity contribution in [2.75, 3.05) is 6.54 Å². The van der Waals surface area contributed by atoms with E-state index in [-0.39, 0.29) is 23.7 Å². The van der Waals surface area contributed by atoms with Crippen molar-refractivity contribution in [1.29, 1.82) is 0 Å². The zero-order valence-electron chi connectivity index (χ0n) is 8.95. The number of nitrogens with one attached hydrogen (secondary N) is 1. The summed E-state index contributed by atoms with van der Waals surface area (Å²) in [5.74, 6) is -0.0129. The Hall–Kier alpha value is -1.42. The second-order valence-electron chi connectivity index (χ2n) is 4.21. The zero-order chi connectivity index (χ0) is 11.5. The van der Waals surface area contributed by atoms with Crippen LogP contribution in [0.2, 0.25) is 0 Å². The standard InChI is InChI=1S/C12H15FN2O/c13-10-3-1-9(2-4-10)11-5-8(7-14)6-12(16)15-11/h1-4,8,11H,5-7,14H2,(H,15,16). The fourth-order valence-corrected chi connectivity index (χ4v) is 2.09. The topological polar surface area (TPSA) is 55.1 Å². The number of hydrogen-bond acceptors (Lipinski definition) is 2. The lowest BCUT2D eigenvalue weighted by atomic mass is 9.88. The molecular weight excluding hydrogens is 207 g/mol. The maximum absolute atomic E-state index is 12.8. The summed E-state index contributed by atoms with van der Waals surface area (Å²) >= 11 is 0. The molecule has 0 radical (unpaired) electrons. The van der Waals surface area contributed by atoms with Gasteiger partial charge in [-0.05, 0) is 36.6 Å². The van der Waals surface area contributed by atoms with Crippen molar-refractivity contribution >= 4 is 5.91 Å². The first-order valence-electron chi connectivity index (χ1n) is 5.44. The number of rotatable bonds is 2. The molecule has 0 aromatic heterocycles. The molecule has 2 rings (SSSR count). The van der Waals surface area contributed by atoms with Gasteiger partial charge in [0.05, 0.1) is 6.04 Å². The molecule has 1 heterocycles. The molecule has 4 heteroatoms. The first-order valence-corrected chi connectivity index (χ1v) is 5.44. The highest BCUT2D eigenvalue weighted by Crippen LogP contribution is 2.27. The Morgan fingerprint density at radius 3 is 2.69 bits per heavy atom. The van der Waals surface area contributed by atoms with E-state index in [0.29, 0.717) is 13.0 Å². The highest BCUT2D eigenvalue weighted by Gasteiger charge is 2.26. The summed E-state index contributed by atoms with van der Waals surface area (Å²) in [5, 5.41) is 2.90. The van der Waals surface area contributed by atoms with Crippen LogP contribution in [0.4, 0.5) is 4.39 Å². The third kappa shape index (κ3) is 2.39. The van der Waals surface area contributed by atoms with E-state index in [1.54, 1.807) is 12.1 Å². The Balaban J connectivity index is 2.14. The van der Waals surface area contributed by atoms with Gasteiger partial charge in [0.15, 0.2) is 0 Å². The molecule has 0 saturated carbocycles. The molecular formula is C12H15FN2O. The Kier molecular flexibility index (Phi) is 3.19. The monoisotopic (exact) mass is 222 g/mol. The minimum absolute atomic E-state index is 0.0241. The summed E-state index contributed by atoms with van der Waals surface area (Å²) in [6.07, 6.45) is 1.32. The smallest absolute Gasteiger partial charge is 0.220 e. The number of carbonyl (C=O) groups is 1. The van der Waals surface area contributed by atoms with Gasteiger partial charge < -0.3 is 11.1 Å². The molecule has 2 atom stereocenters. The molecule has 1 fully saturated rings. The van der Waals surface area contributed by atoms with Crippen LogP contribution in [0.1, 0.15) is 24.4 Å². The fourth-order valence-electron chi connectivity index (χ4n) is 2.09. The molecule has 3 N–H and O–H groups in total. The van der Waals surface area contributed by atoms with Gasteiger partial charge in [0.1, 0.15) is 5.82 Å². The quantitative estimate of drug-likeness (QED) is 0.793. The average molecular weight is 222 g/mol. The largest absolute Gasteiger partial charge is 0.349 e. The van der Waals surface area contributed by atoms with Gasteiger partial charge in [-0.1, -0.05) is 12.1 Å². The van der Waals surface area contributed by atoms with Gasteiger partial charge in [-0.3, -0.25) is 4.79 Å². The molecule has 0 aliphatic carbocycles. The van der Waals surface area contributed by atoms with Gasteiger partial charge >= 0.3 is 0 Å². The molecule has 1 aromatic carbocycles. The maximum atomic E-state index is 12.8. The lowest BCUT2D eigenvalue weighted by Crippen LogP contribution is -2.39. The van der Waals surface area contributed by atoms with Gasteiger partial charge in [0, 0.05) is 6.42 Å². The highest BCUT2D eigenvalue weighted by molar-refractivity contribution is 5.77. The Labute approximate surface area is 93.8 Å². The fraction of sp³-hybridized carbons (Fsp3) is 0.417. The van der Waals surface area contributed by atoms with Crippen molar-refractivity contribution in [2.24, 2.45) is 11.7 Å². The first-order chi connectivity index (χ1) is 7.69. The Morgan fingerprint density at radius 1 is 1.38 bits per heavy atom. The minimum atomic E-state index is -0.263. The normalized spacial score (nSPS) is 25.2. The SMILES string of the molecule is NCC1CC(=O)NC(c2ccc(F)cc2)C1. The molecule has 1 aliphatic rings. The van der Waals surface area contributed by atoms with Crippen LogP contribution in [-0.4, -0.2) is 12.5 Å². The van der Waals surface area contributed by atoms with Crippen LogP contribution in [-0.2, 0) is 4.79 Å². The van der Waals surface area contributed by atoms with E-state index in [1.807, 2.05) is 0 Å². The summed E-state index contributed by atoms with van der Waals surface area (Å²) < 4.78 is 12.8. The molecule has 0 spiro atoms.